The van der Waals surface area contributed by atoms with Crippen molar-refractivity contribution in [1.82, 2.24) is 14.5 Å². The third-order valence-electron chi connectivity index (χ3n) is 5.83. The lowest BCUT2D eigenvalue weighted by Crippen LogP contribution is -2.14. The van der Waals surface area contributed by atoms with Crippen LogP contribution in [0.3, 0.4) is 0 Å². The number of nitrogens with zero attached hydrogens (tertiary/aromatic N) is 3. The van der Waals surface area contributed by atoms with Crippen LogP contribution >= 0.6 is 11.6 Å². The predicted octanol–water partition coefficient (Wildman–Crippen LogP) is 6.21. The average molecular weight is 464 g/mol. The maximum absolute atomic E-state index is 13.6. The number of hydrogen-bond acceptors (Lipinski definition) is 4. The lowest BCUT2D eigenvalue weighted by atomic mass is 10.1. The number of benzene rings is 4. The normalized spacial score (nSPS) is 11.3. The molecule has 0 saturated heterocycles. The van der Waals surface area contributed by atoms with Crippen LogP contribution in [0.1, 0.15) is 10.4 Å². The Balaban J connectivity index is 1.58. The van der Waals surface area contributed by atoms with Crippen molar-refractivity contribution in [2.24, 2.45) is 0 Å². The Morgan fingerprint density at radius 2 is 1.56 bits per heavy atom. The summed E-state index contributed by atoms with van der Waals surface area (Å²) in [4.78, 5) is 23.2. The Morgan fingerprint density at radius 1 is 0.853 bits per heavy atom. The van der Waals surface area contributed by atoms with E-state index >= 15 is 0 Å². The number of anilines is 2. The molecule has 6 nitrogen and oxygen atoms in total. The highest BCUT2D eigenvalue weighted by Crippen LogP contribution is 2.33. The van der Waals surface area contributed by atoms with E-state index < -0.39 is 0 Å². The van der Waals surface area contributed by atoms with Crippen LogP contribution in [-0.4, -0.2) is 20.4 Å². The molecule has 0 saturated carbocycles. The highest BCUT2D eigenvalue weighted by atomic mass is 35.5. The monoisotopic (exact) mass is 463 g/mol. The summed E-state index contributed by atoms with van der Waals surface area (Å²) in [5.41, 5.74) is 10.6. The molecule has 0 aliphatic heterocycles. The lowest BCUT2D eigenvalue weighted by molar-refractivity contribution is 0.102. The van der Waals surface area contributed by atoms with Gasteiger partial charge in [0.05, 0.1) is 16.7 Å². The molecule has 0 radical (unpaired) electrons. The molecule has 0 aliphatic carbocycles. The van der Waals surface area contributed by atoms with Gasteiger partial charge in [0.25, 0.3) is 5.91 Å². The standard InChI is InChI=1S/C27H18ClN5O/c28-17-9-6-10-18(15-17)33-25(29)23(24-26(33)31-22-13-4-3-12-21(22)30-24)27(34)32-20-14-5-8-16-7-1-2-11-19(16)20/h1-15H,29H2,(H,32,34). The fourth-order valence-electron chi connectivity index (χ4n) is 4.28. The largest absolute Gasteiger partial charge is 0.384 e. The Hall–Kier alpha value is -4.42. The van der Waals surface area contributed by atoms with Gasteiger partial charge < -0.3 is 11.1 Å². The van der Waals surface area contributed by atoms with Crippen molar-refractivity contribution in [1.29, 1.82) is 0 Å². The van der Waals surface area contributed by atoms with Gasteiger partial charge in [-0.3, -0.25) is 9.36 Å². The van der Waals surface area contributed by atoms with Crippen LogP contribution in [0.15, 0.2) is 91.0 Å². The van der Waals surface area contributed by atoms with Gasteiger partial charge in [-0.2, -0.15) is 0 Å². The van der Waals surface area contributed by atoms with Gasteiger partial charge in [0.2, 0.25) is 0 Å². The van der Waals surface area contributed by atoms with E-state index in [2.05, 4.69) is 5.32 Å². The van der Waals surface area contributed by atoms with Crippen molar-refractivity contribution in [2.45, 2.75) is 0 Å². The fraction of sp³-hybridized carbons (Fsp3) is 0. The highest BCUT2D eigenvalue weighted by molar-refractivity contribution is 6.30. The summed E-state index contributed by atoms with van der Waals surface area (Å²) in [6, 6.07) is 28.4. The summed E-state index contributed by atoms with van der Waals surface area (Å²) in [6.07, 6.45) is 0. The molecule has 0 aliphatic rings. The Labute approximate surface area is 199 Å². The number of hydrogen-bond donors (Lipinski definition) is 2. The first kappa shape index (κ1) is 20.2. The molecule has 0 atom stereocenters. The van der Waals surface area contributed by atoms with Crippen molar-refractivity contribution in [3.8, 4) is 5.69 Å². The summed E-state index contributed by atoms with van der Waals surface area (Å²) >= 11 is 6.26. The first-order valence-electron chi connectivity index (χ1n) is 10.7. The van der Waals surface area contributed by atoms with Gasteiger partial charge in [-0.1, -0.05) is 66.2 Å². The van der Waals surface area contributed by atoms with E-state index in [-0.39, 0.29) is 17.3 Å². The van der Waals surface area contributed by atoms with Gasteiger partial charge in [0.15, 0.2) is 5.65 Å². The molecule has 0 fully saturated rings. The van der Waals surface area contributed by atoms with E-state index in [9.17, 15) is 4.79 Å². The van der Waals surface area contributed by atoms with Crippen molar-refractivity contribution in [3.05, 3.63) is 102 Å². The van der Waals surface area contributed by atoms with E-state index in [0.29, 0.717) is 38.6 Å². The highest BCUT2D eigenvalue weighted by Gasteiger charge is 2.25. The molecule has 0 unspecified atom stereocenters. The first-order chi connectivity index (χ1) is 16.6. The van der Waals surface area contributed by atoms with Crippen molar-refractivity contribution in [3.63, 3.8) is 0 Å². The molecule has 4 aromatic carbocycles. The quantitative estimate of drug-likeness (QED) is 0.326. The topological polar surface area (TPSA) is 85.8 Å². The van der Waals surface area contributed by atoms with Crippen LogP contribution in [0.5, 0.6) is 0 Å². The third-order valence-corrected chi connectivity index (χ3v) is 6.06. The third kappa shape index (κ3) is 3.24. The fourth-order valence-corrected chi connectivity index (χ4v) is 4.47. The van der Waals surface area contributed by atoms with Crippen LogP contribution in [0.4, 0.5) is 11.5 Å². The number of carbonyl (C=O) groups is 1. The zero-order valence-electron chi connectivity index (χ0n) is 17.9. The van der Waals surface area contributed by atoms with Crippen molar-refractivity contribution >= 4 is 62.0 Å². The summed E-state index contributed by atoms with van der Waals surface area (Å²) in [7, 11) is 0. The summed E-state index contributed by atoms with van der Waals surface area (Å²) in [5.74, 6) is -0.116. The molecule has 6 rings (SSSR count). The molecule has 0 bridgehead atoms. The predicted molar refractivity (Wildman–Crippen MR) is 138 cm³/mol. The molecular formula is C27H18ClN5O. The SMILES string of the molecule is Nc1c(C(=O)Nc2cccc3ccccc23)c2nc3ccccc3nc2n1-c1cccc(Cl)c1. The maximum atomic E-state index is 13.6. The second-order valence-electron chi connectivity index (χ2n) is 7.94. The zero-order chi connectivity index (χ0) is 23.2. The number of amides is 1. The van der Waals surface area contributed by atoms with Gasteiger partial charge in [-0.05, 0) is 41.8 Å². The van der Waals surface area contributed by atoms with Crippen LogP contribution in [0, 0.1) is 0 Å². The number of nitrogens with two attached hydrogens (primary N) is 1. The molecule has 164 valence electrons. The number of nitrogen functional groups attached to an aromatic ring is 1. The number of nitrogens with one attached hydrogen (secondary N) is 1. The number of fused-ring (bicyclic) bond motifs is 3. The molecule has 6 aromatic rings. The number of aromatic nitrogens is 3. The number of halogens is 1. The first-order valence-corrected chi connectivity index (χ1v) is 11.1. The van der Waals surface area contributed by atoms with Crippen LogP contribution in [0.2, 0.25) is 5.02 Å². The van der Waals surface area contributed by atoms with Gasteiger partial charge in [-0.15, -0.1) is 0 Å². The van der Waals surface area contributed by atoms with E-state index in [1.165, 1.54) is 0 Å². The second-order valence-corrected chi connectivity index (χ2v) is 8.38. The van der Waals surface area contributed by atoms with Gasteiger partial charge in [0, 0.05) is 16.1 Å². The van der Waals surface area contributed by atoms with Crippen LogP contribution < -0.4 is 11.1 Å². The smallest absolute Gasteiger partial charge is 0.261 e. The van der Waals surface area contributed by atoms with Gasteiger partial charge in [0.1, 0.15) is 16.9 Å². The Bertz CT molecular complexity index is 1740. The van der Waals surface area contributed by atoms with Gasteiger partial charge in [-0.25, -0.2) is 9.97 Å². The van der Waals surface area contributed by atoms with Crippen molar-refractivity contribution < 1.29 is 4.79 Å². The maximum Gasteiger partial charge on any atom is 0.261 e. The minimum atomic E-state index is -0.357. The molecule has 34 heavy (non-hydrogen) atoms. The van der Waals surface area contributed by atoms with E-state index in [4.69, 9.17) is 27.3 Å². The van der Waals surface area contributed by atoms with E-state index in [1.807, 2.05) is 78.9 Å². The average Bonchev–Trinajstić information content (AvgIpc) is 3.13. The molecule has 0 spiro atoms. The van der Waals surface area contributed by atoms with Crippen LogP contribution in [0.25, 0.3) is 38.7 Å². The Morgan fingerprint density at radius 3 is 2.38 bits per heavy atom. The number of rotatable bonds is 3. The molecule has 1 amide bonds. The minimum absolute atomic E-state index is 0.241. The molecule has 2 aromatic heterocycles. The molecule has 2 heterocycles. The molecular weight excluding hydrogens is 446 g/mol. The molecule has 7 heteroatoms. The van der Waals surface area contributed by atoms with E-state index in [1.54, 1.807) is 16.7 Å². The van der Waals surface area contributed by atoms with Gasteiger partial charge >= 0.3 is 0 Å². The zero-order valence-corrected chi connectivity index (χ0v) is 18.6. The number of para-hydroxylation sites is 2. The lowest BCUT2D eigenvalue weighted by Gasteiger charge is -2.10. The summed E-state index contributed by atoms with van der Waals surface area (Å²) in [6.45, 7) is 0. The Kier molecular flexibility index (Phi) is 4.67. The van der Waals surface area contributed by atoms with Crippen LogP contribution in [-0.2, 0) is 0 Å². The number of carbonyl (C=O) groups excluding carboxylic acids is 1. The second kappa shape index (κ2) is 7.86. The summed E-state index contributed by atoms with van der Waals surface area (Å²) < 4.78 is 1.72. The minimum Gasteiger partial charge on any atom is -0.384 e. The van der Waals surface area contributed by atoms with Crippen molar-refractivity contribution in [2.75, 3.05) is 11.1 Å². The summed E-state index contributed by atoms with van der Waals surface area (Å²) in [5, 5.41) is 5.55. The van der Waals surface area contributed by atoms with E-state index in [0.717, 1.165) is 10.8 Å². The molecule has 3 N–H and O–H groups in total.